The van der Waals surface area contributed by atoms with Crippen LogP contribution < -0.4 is 4.90 Å². The van der Waals surface area contributed by atoms with Crippen molar-refractivity contribution in [3.8, 4) is 0 Å². The van der Waals surface area contributed by atoms with Gasteiger partial charge in [0.15, 0.2) is 0 Å². The van der Waals surface area contributed by atoms with E-state index in [4.69, 9.17) is 0 Å². The van der Waals surface area contributed by atoms with Crippen molar-refractivity contribution >= 4 is 22.2 Å². The monoisotopic (exact) mass is 267 g/mol. The maximum atomic E-state index is 12.2. The van der Waals surface area contributed by atoms with Gasteiger partial charge in [-0.05, 0) is 25.5 Å². The average Bonchev–Trinajstić information content (AvgIpc) is 2.75. The molecule has 0 spiro atoms. The summed E-state index contributed by atoms with van der Waals surface area (Å²) in [6, 6.07) is 4.16. The van der Waals surface area contributed by atoms with Crippen molar-refractivity contribution in [3.05, 3.63) is 17.0 Å². The molecule has 1 amide bonds. The highest BCUT2D eigenvalue weighted by molar-refractivity contribution is 7.16. The van der Waals surface area contributed by atoms with Crippen LogP contribution in [-0.4, -0.2) is 12.5 Å². The third-order valence-electron chi connectivity index (χ3n) is 2.99. The summed E-state index contributed by atoms with van der Waals surface area (Å²) >= 11 is 1.71. The lowest BCUT2D eigenvalue weighted by atomic mass is 10.1. The van der Waals surface area contributed by atoms with Crippen LogP contribution in [0, 0.1) is 12.8 Å². The van der Waals surface area contributed by atoms with Crippen LogP contribution in [0.5, 0.6) is 0 Å². The average molecular weight is 267 g/mol. The molecule has 0 aliphatic carbocycles. The van der Waals surface area contributed by atoms with E-state index in [2.05, 4.69) is 26.0 Å². The molecule has 1 aromatic rings. The van der Waals surface area contributed by atoms with Gasteiger partial charge in [0.2, 0.25) is 5.91 Å². The highest BCUT2D eigenvalue weighted by atomic mass is 32.1. The Morgan fingerprint density at radius 3 is 2.50 bits per heavy atom. The van der Waals surface area contributed by atoms with Gasteiger partial charge < -0.3 is 4.90 Å². The summed E-state index contributed by atoms with van der Waals surface area (Å²) in [5.74, 6) is 0.312. The Morgan fingerprint density at radius 1 is 1.28 bits per heavy atom. The zero-order valence-electron chi connectivity index (χ0n) is 12.0. The first-order valence-corrected chi connectivity index (χ1v) is 7.75. The highest BCUT2D eigenvalue weighted by Crippen LogP contribution is 2.27. The molecule has 1 aromatic heterocycles. The fraction of sp³-hybridized carbons (Fsp3) is 0.667. The van der Waals surface area contributed by atoms with Crippen molar-refractivity contribution in [2.45, 2.75) is 53.4 Å². The van der Waals surface area contributed by atoms with E-state index in [0.29, 0.717) is 0 Å². The van der Waals surface area contributed by atoms with Gasteiger partial charge in [0, 0.05) is 17.3 Å². The molecule has 0 aliphatic heterocycles. The lowest BCUT2D eigenvalue weighted by Gasteiger charge is -2.23. The molecule has 0 radical (unpaired) electrons. The minimum atomic E-state index is 0.0681. The molecular weight excluding hydrogens is 242 g/mol. The van der Waals surface area contributed by atoms with E-state index in [-0.39, 0.29) is 11.8 Å². The Labute approximate surface area is 115 Å². The number of aryl methyl sites for hydroxylation is 1. The first kappa shape index (κ1) is 15.2. The van der Waals surface area contributed by atoms with Crippen LogP contribution in [-0.2, 0) is 4.79 Å². The van der Waals surface area contributed by atoms with Crippen molar-refractivity contribution in [1.29, 1.82) is 0 Å². The van der Waals surface area contributed by atoms with Gasteiger partial charge in [0.1, 0.15) is 0 Å². The summed E-state index contributed by atoms with van der Waals surface area (Å²) < 4.78 is 0. The van der Waals surface area contributed by atoms with Crippen molar-refractivity contribution in [1.82, 2.24) is 0 Å². The Bertz CT molecular complexity index is 370. The number of rotatable bonds is 7. The van der Waals surface area contributed by atoms with Crippen molar-refractivity contribution in [2.24, 2.45) is 5.92 Å². The largest absolute Gasteiger partial charge is 0.304 e. The van der Waals surface area contributed by atoms with Crippen LogP contribution in [0.1, 0.15) is 51.3 Å². The number of carbonyl (C=O) groups excluding carboxylic acids is 1. The minimum Gasteiger partial charge on any atom is -0.304 e. The van der Waals surface area contributed by atoms with Crippen LogP contribution in [0.3, 0.4) is 0 Å². The van der Waals surface area contributed by atoms with E-state index >= 15 is 0 Å². The number of anilines is 1. The minimum absolute atomic E-state index is 0.0681. The molecule has 0 atom stereocenters. The van der Waals surface area contributed by atoms with Gasteiger partial charge in [0.25, 0.3) is 0 Å². The summed E-state index contributed by atoms with van der Waals surface area (Å²) in [5, 5.41) is 1.10. The lowest BCUT2D eigenvalue weighted by Crippen LogP contribution is -2.34. The topological polar surface area (TPSA) is 20.3 Å². The zero-order chi connectivity index (χ0) is 13.5. The number of carbonyl (C=O) groups is 1. The van der Waals surface area contributed by atoms with Gasteiger partial charge in [-0.1, -0.05) is 40.0 Å². The molecule has 0 aromatic carbocycles. The van der Waals surface area contributed by atoms with E-state index in [9.17, 15) is 4.79 Å². The van der Waals surface area contributed by atoms with Crippen molar-refractivity contribution < 1.29 is 4.79 Å². The fourth-order valence-electron chi connectivity index (χ4n) is 1.90. The maximum absolute atomic E-state index is 12.2. The smallest absolute Gasteiger partial charge is 0.230 e. The molecule has 0 fully saturated rings. The molecule has 0 unspecified atom stereocenters. The van der Waals surface area contributed by atoms with Gasteiger partial charge in [0.05, 0.1) is 5.00 Å². The standard InChI is InChI=1S/C15H25NOS/c1-5-6-7-8-11-16(15(17)12(2)3)14-10-9-13(4)18-14/h9-10,12H,5-8,11H2,1-4H3. The van der Waals surface area contributed by atoms with E-state index in [1.807, 2.05) is 18.7 Å². The second kappa shape index (κ2) is 7.57. The van der Waals surface area contributed by atoms with Gasteiger partial charge in [-0.25, -0.2) is 0 Å². The van der Waals surface area contributed by atoms with Gasteiger partial charge in [-0.15, -0.1) is 11.3 Å². The molecule has 18 heavy (non-hydrogen) atoms. The van der Waals surface area contributed by atoms with E-state index in [1.54, 1.807) is 11.3 Å². The maximum Gasteiger partial charge on any atom is 0.230 e. The molecule has 0 bridgehead atoms. The summed E-state index contributed by atoms with van der Waals surface area (Å²) in [5.41, 5.74) is 0. The van der Waals surface area contributed by atoms with Gasteiger partial charge in [-0.3, -0.25) is 4.79 Å². The first-order valence-electron chi connectivity index (χ1n) is 6.94. The Hall–Kier alpha value is -0.830. The molecule has 102 valence electrons. The summed E-state index contributed by atoms with van der Waals surface area (Å²) in [4.78, 5) is 15.5. The highest BCUT2D eigenvalue weighted by Gasteiger charge is 2.19. The first-order chi connectivity index (χ1) is 8.56. The molecule has 0 aliphatic rings. The number of hydrogen-bond acceptors (Lipinski definition) is 2. The number of hydrogen-bond donors (Lipinski definition) is 0. The molecule has 0 N–H and O–H groups in total. The van der Waals surface area contributed by atoms with Crippen LogP contribution >= 0.6 is 11.3 Å². The van der Waals surface area contributed by atoms with Crippen LogP contribution in [0.4, 0.5) is 5.00 Å². The Morgan fingerprint density at radius 2 is 2.00 bits per heavy atom. The summed E-state index contributed by atoms with van der Waals surface area (Å²) in [6.07, 6.45) is 4.80. The van der Waals surface area contributed by atoms with Crippen molar-refractivity contribution in [3.63, 3.8) is 0 Å². The molecule has 3 heteroatoms. The van der Waals surface area contributed by atoms with E-state index in [1.165, 1.54) is 24.1 Å². The Balaban J connectivity index is 2.67. The predicted octanol–water partition coefficient (Wildman–Crippen LogP) is 4.63. The fourth-order valence-corrected chi connectivity index (χ4v) is 2.80. The van der Waals surface area contributed by atoms with Crippen LogP contribution in [0.25, 0.3) is 0 Å². The lowest BCUT2D eigenvalue weighted by molar-refractivity contribution is -0.121. The number of thiophene rings is 1. The van der Waals surface area contributed by atoms with Gasteiger partial charge >= 0.3 is 0 Å². The molecule has 1 heterocycles. The quantitative estimate of drug-likeness (QED) is 0.660. The molecule has 0 saturated heterocycles. The number of amides is 1. The van der Waals surface area contributed by atoms with Gasteiger partial charge in [-0.2, -0.15) is 0 Å². The van der Waals surface area contributed by atoms with Crippen molar-refractivity contribution in [2.75, 3.05) is 11.4 Å². The number of unbranched alkanes of at least 4 members (excludes halogenated alkanes) is 3. The van der Waals surface area contributed by atoms with Crippen LogP contribution in [0.15, 0.2) is 12.1 Å². The van der Waals surface area contributed by atoms with E-state index in [0.717, 1.165) is 18.0 Å². The molecular formula is C15H25NOS. The third-order valence-corrected chi connectivity index (χ3v) is 4.01. The Kier molecular flexibility index (Phi) is 6.41. The second-order valence-electron chi connectivity index (χ2n) is 5.09. The number of nitrogens with zero attached hydrogens (tertiary/aromatic N) is 1. The second-order valence-corrected chi connectivity index (χ2v) is 6.36. The van der Waals surface area contributed by atoms with E-state index < -0.39 is 0 Å². The normalized spacial score (nSPS) is 10.9. The molecule has 0 saturated carbocycles. The van der Waals surface area contributed by atoms with Crippen LogP contribution in [0.2, 0.25) is 0 Å². The molecule has 1 rings (SSSR count). The SMILES string of the molecule is CCCCCCN(C(=O)C(C)C)c1ccc(C)s1. The molecule has 2 nitrogen and oxygen atoms in total. The predicted molar refractivity (Wildman–Crippen MR) is 80.4 cm³/mol. The summed E-state index contributed by atoms with van der Waals surface area (Å²) in [7, 11) is 0. The zero-order valence-corrected chi connectivity index (χ0v) is 12.8. The third kappa shape index (κ3) is 4.45. The summed E-state index contributed by atoms with van der Waals surface area (Å²) in [6.45, 7) is 9.10.